The van der Waals surface area contributed by atoms with Crippen molar-refractivity contribution in [3.63, 3.8) is 0 Å². The molecular weight excluding hydrogens is 296 g/mol. The number of hydrogen-bond acceptors (Lipinski definition) is 4. The molecule has 1 saturated heterocycles. The van der Waals surface area contributed by atoms with Crippen LogP contribution in [-0.2, 0) is 20.7 Å². The van der Waals surface area contributed by atoms with Gasteiger partial charge in [-0.1, -0.05) is 44.2 Å². The largest absolute Gasteiger partial charge is 0.467 e. The molecule has 2 rings (SSSR count). The van der Waals surface area contributed by atoms with Crippen molar-refractivity contribution in [3.8, 4) is 0 Å². The molecule has 2 atom stereocenters. The van der Waals surface area contributed by atoms with Gasteiger partial charge >= 0.3 is 12.0 Å². The summed E-state index contributed by atoms with van der Waals surface area (Å²) >= 11 is 0. The van der Waals surface area contributed by atoms with E-state index >= 15 is 0 Å². The summed E-state index contributed by atoms with van der Waals surface area (Å²) in [6, 6.07) is 7.72. The highest BCUT2D eigenvalue weighted by molar-refractivity contribution is 6.07. The molecule has 0 radical (unpaired) electrons. The molecule has 23 heavy (non-hydrogen) atoms. The van der Waals surface area contributed by atoms with Gasteiger partial charge < -0.3 is 10.1 Å². The van der Waals surface area contributed by atoms with E-state index in [-0.39, 0.29) is 11.8 Å². The lowest BCUT2D eigenvalue weighted by Crippen LogP contribution is -2.49. The van der Waals surface area contributed by atoms with Crippen LogP contribution in [0.4, 0.5) is 4.79 Å². The first kappa shape index (κ1) is 17.0. The van der Waals surface area contributed by atoms with Crippen molar-refractivity contribution >= 4 is 17.9 Å². The highest BCUT2D eigenvalue weighted by Crippen LogP contribution is 2.20. The molecule has 6 nitrogen and oxygen atoms in total. The average Bonchev–Trinajstić information content (AvgIpc) is 2.81. The Hall–Kier alpha value is -2.37. The smallest absolute Gasteiger partial charge is 0.329 e. The lowest BCUT2D eigenvalue weighted by Gasteiger charge is -2.26. The zero-order chi connectivity index (χ0) is 17.0. The fourth-order valence-corrected chi connectivity index (χ4v) is 2.76. The first-order valence-electron chi connectivity index (χ1n) is 7.71. The van der Waals surface area contributed by atoms with Crippen molar-refractivity contribution in [2.75, 3.05) is 7.11 Å². The van der Waals surface area contributed by atoms with Gasteiger partial charge in [0, 0.05) is 0 Å². The molecule has 1 unspecified atom stereocenters. The molecule has 124 valence electrons. The van der Waals surface area contributed by atoms with E-state index in [1.807, 2.05) is 30.3 Å². The van der Waals surface area contributed by atoms with Gasteiger partial charge in [-0.2, -0.15) is 0 Å². The Balaban J connectivity index is 2.08. The minimum Gasteiger partial charge on any atom is -0.467 e. The Bertz CT molecular complexity index is 586. The number of hydrogen-bond donors (Lipinski definition) is 1. The van der Waals surface area contributed by atoms with E-state index < -0.39 is 24.1 Å². The summed E-state index contributed by atoms with van der Waals surface area (Å²) in [5, 5.41) is 2.67. The van der Waals surface area contributed by atoms with Gasteiger partial charge in [0.05, 0.1) is 7.11 Å². The minimum absolute atomic E-state index is 0.218. The summed E-state index contributed by atoms with van der Waals surface area (Å²) < 4.78 is 4.73. The number of methoxy groups -OCH3 is 1. The summed E-state index contributed by atoms with van der Waals surface area (Å²) in [6.45, 7) is 3.55. The van der Waals surface area contributed by atoms with Gasteiger partial charge in [-0.05, 0) is 24.3 Å². The number of nitrogens with zero attached hydrogens (tertiary/aromatic N) is 1. The number of nitrogens with one attached hydrogen (secondary N) is 1. The van der Waals surface area contributed by atoms with E-state index in [4.69, 9.17) is 4.74 Å². The van der Waals surface area contributed by atoms with Crippen molar-refractivity contribution in [2.45, 2.75) is 38.8 Å². The van der Waals surface area contributed by atoms with Crippen molar-refractivity contribution in [3.05, 3.63) is 35.9 Å². The molecule has 0 saturated carbocycles. The molecule has 0 aromatic heterocycles. The lowest BCUT2D eigenvalue weighted by atomic mass is 10.0. The highest BCUT2D eigenvalue weighted by atomic mass is 16.5. The van der Waals surface area contributed by atoms with Gasteiger partial charge in [0.15, 0.2) is 0 Å². The second-order valence-electron chi connectivity index (χ2n) is 5.95. The number of imide groups is 1. The fraction of sp³-hybridized carbons (Fsp3) is 0.471. The average molecular weight is 318 g/mol. The van der Waals surface area contributed by atoms with Crippen LogP contribution in [-0.4, -0.2) is 42.0 Å². The first-order chi connectivity index (χ1) is 11.0. The van der Waals surface area contributed by atoms with E-state index in [0.29, 0.717) is 12.8 Å². The quantitative estimate of drug-likeness (QED) is 0.640. The van der Waals surface area contributed by atoms with Crippen LogP contribution in [0.3, 0.4) is 0 Å². The highest BCUT2D eigenvalue weighted by Gasteiger charge is 2.45. The second kappa shape index (κ2) is 7.26. The van der Waals surface area contributed by atoms with Crippen LogP contribution in [0.25, 0.3) is 0 Å². The van der Waals surface area contributed by atoms with Crippen molar-refractivity contribution in [1.82, 2.24) is 10.2 Å². The molecular formula is C17H22N2O4. The zero-order valence-electron chi connectivity index (χ0n) is 13.6. The number of benzene rings is 1. The predicted molar refractivity (Wildman–Crippen MR) is 84.6 cm³/mol. The maximum absolute atomic E-state index is 12.5. The molecule has 1 aliphatic rings. The van der Waals surface area contributed by atoms with Gasteiger partial charge in [-0.25, -0.2) is 14.5 Å². The third kappa shape index (κ3) is 3.70. The van der Waals surface area contributed by atoms with E-state index in [1.54, 1.807) is 13.8 Å². The normalized spacial score (nSPS) is 19.0. The molecule has 1 N–H and O–H groups in total. The Morgan fingerprint density at radius 2 is 1.91 bits per heavy atom. The maximum Gasteiger partial charge on any atom is 0.329 e. The lowest BCUT2D eigenvalue weighted by molar-refractivity contribution is -0.151. The van der Waals surface area contributed by atoms with Gasteiger partial charge in [-0.15, -0.1) is 0 Å². The number of carbonyl (C=O) groups excluding carboxylic acids is 3. The molecule has 3 amide bonds. The van der Waals surface area contributed by atoms with Crippen LogP contribution in [0.15, 0.2) is 30.3 Å². The van der Waals surface area contributed by atoms with E-state index in [9.17, 15) is 14.4 Å². The fourth-order valence-electron chi connectivity index (χ4n) is 2.76. The number of ether oxygens (including phenoxy) is 1. The molecule has 6 heteroatoms. The van der Waals surface area contributed by atoms with Crippen LogP contribution >= 0.6 is 0 Å². The van der Waals surface area contributed by atoms with E-state index in [2.05, 4.69) is 5.32 Å². The Labute approximate surface area is 135 Å². The van der Waals surface area contributed by atoms with Crippen LogP contribution < -0.4 is 5.32 Å². The molecule has 1 fully saturated rings. The molecule has 0 spiro atoms. The second-order valence-corrected chi connectivity index (χ2v) is 5.95. The predicted octanol–water partition coefficient (Wildman–Crippen LogP) is 1.74. The third-order valence-corrected chi connectivity index (χ3v) is 3.97. The number of esters is 1. The standard InChI is InChI=1S/C17H22N2O4/c1-11(2)14(16(21)23-3)19-15(20)13(18-17(19)22)10-9-12-7-5-4-6-8-12/h4-8,11,13-14H,9-10H2,1-3H3,(H,18,22)/t13-,14?/m0/s1. The SMILES string of the molecule is COC(=O)C(C(C)C)N1C(=O)N[C@@H](CCc2ccccc2)C1=O. The molecule has 0 bridgehead atoms. The summed E-state index contributed by atoms with van der Waals surface area (Å²) in [5.74, 6) is -1.16. The van der Waals surface area contributed by atoms with E-state index in [1.165, 1.54) is 7.11 Å². The van der Waals surface area contributed by atoms with Crippen LogP contribution in [0.2, 0.25) is 0 Å². The summed E-state index contributed by atoms with van der Waals surface area (Å²) in [7, 11) is 1.25. The number of amides is 3. The van der Waals surface area contributed by atoms with Crippen molar-refractivity contribution in [2.24, 2.45) is 5.92 Å². The van der Waals surface area contributed by atoms with Crippen molar-refractivity contribution in [1.29, 1.82) is 0 Å². The van der Waals surface area contributed by atoms with Gasteiger partial charge in [0.1, 0.15) is 12.1 Å². The Kier molecular flexibility index (Phi) is 5.36. The van der Waals surface area contributed by atoms with Crippen LogP contribution in [0, 0.1) is 5.92 Å². The Morgan fingerprint density at radius 3 is 2.48 bits per heavy atom. The van der Waals surface area contributed by atoms with Gasteiger partial charge in [0.25, 0.3) is 5.91 Å². The Morgan fingerprint density at radius 1 is 1.26 bits per heavy atom. The molecule has 1 aromatic carbocycles. The molecule has 1 aromatic rings. The molecule has 0 aliphatic carbocycles. The number of urea groups is 1. The zero-order valence-corrected chi connectivity index (χ0v) is 13.6. The monoisotopic (exact) mass is 318 g/mol. The summed E-state index contributed by atoms with van der Waals surface area (Å²) in [5.41, 5.74) is 1.10. The van der Waals surface area contributed by atoms with Crippen molar-refractivity contribution < 1.29 is 19.1 Å². The maximum atomic E-state index is 12.5. The van der Waals surface area contributed by atoms with Gasteiger partial charge in [0.2, 0.25) is 0 Å². The third-order valence-electron chi connectivity index (χ3n) is 3.97. The molecule has 1 heterocycles. The summed E-state index contributed by atoms with van der Waals surface area (Å²) in [6.07, 6.45) is 1.17. The van der Waals surface area contributed by atoms with Crippen LogP contribution in [0.1, 0.15) is 25.8 Å². The minimum atomic E-state index is -0.894. The molecule has 1 aliphatic heterocycles. The van der Waals surface area contributed by atoms with Gasteiger partial charge in [-0.3, -0.25) is 4.79 Å². The summed E-state index contributed by atoms with van der Waals surface area (Å²) in [4.78, 5) is 37.6. The number of carbonyl (C=O) groups is 3. The van der Waals surface area contributed by atoms with E-state index in [0.717, 1.165) is 10.5 Å². The topological polar surface area (TPSA) is 75.7 Å². The number of rotatable bonds is 6. The first-order valence-corrected chi connectivity index (χ1v) is 7.71. The van der Waals surface area contributed by atoms with Crippen LogP contribution in [0.5, 0.6) is 0 Å². The number of aryl methyl sites for hydroxylation is 1.